The summed E-state index contributed by atoms with van der Waals surface area (Å²) in [5.74, 6) is 0. The zero-order valence-electron chi connectivity index (χ0n) is 9.70. The first kappa shape index (κ1) is 15.0. The molecule has 1 aromatic rings. The zero-order chi connectivity index (χ0) is 13.1. The van der Waals surface area contributed by atoms with Crippen LogP contribution in [-0.2, 0) is 0 Å². The largest absolute Gasteiger partial charge is 0.390 e. The smallest absolute Gasteiger partial charge is 0.309 e. The number of alkyl halides is 3. The molecule has 1 atom stereocenters. The Kier molecular flexibility index (Phi) is 5.47. The van der Waals surface area contributed by atoms with E-state index >= 15 is 0 Å². The third-order valence-corrected chi connectivity index (χ3v) is 4.55. The highest BCUT2D eigenvalue weighted by atomic mass is 79.9. The molecule has 0 saturated carbocycles. The Morgan fingerprint density at radius 1 is 1.47 bits per heavy atom. The third kappa shape index (κ3) is 4.97. The van der Waals surface area contributed by atoms with E-state index in [0.717, 1.165) is 20.6 Å². The van der Waals surface area contributed by atoms with Crippen LogP contribution in [0.4, 0.5) is 13.2 Å². The Bertz CT molecular complexity index is 343. The van der Waals surface area contributed by atoms with E-state index in [1.165, 1.54) is 11.3 Å². The maximum absolute atomic E-state index is 12.5. The van der Waals surface area contributed by atoms with Crippen LogP contribution >= 0.6 is 27.3 Å². The lowest BCUT2D eigenvalue weighted by Crippen LogP contribution is -2.26. The van der Waals surface area contributed by atoms with Crippen LogP contribution in [-0.4, -0.2) is 12.7 Å². The molecule has 0 bridgehead atoms. The van der Waals surface area contributed by atoms with Gasteiger partial charge in [-0.05, 0) is 41.9 Å². The SMILES string of the molecule is CCCNC(CC(F)(F)F)c1cc(Br)c(C)s1. The predicted octanol–water partition coefficient (Wildman–Crippen LogP) is 4.81. The highest BCUT2D eigenvalue weighted by molar-refractivity contribution is 9.10. The minimum absolute atomic E-state index is 0.593. The second-order valence-corrected chi connectivity index (χ2v) is 6.02. The lowest BCUT2D eigenvalue weighted by Gasteiger charge is -2.18. The van der Waals surface area contributed by atoms with Crippen LogP contribution in [0.25, 0.3) is 0 Å². The Labute approximate surface area is 112 Å². The van der Waals surface area contributed by atoms with Crippen molar-refractivity contribution in [2.24, 2.45) is 0 Å². The summed E-state index contributed by atoms with van der Waals surface area (Å²) in [6, 6.07) is 1.14. The molecule has 1 rings (SSSR count). The van der Waals surface area contributed by atoms with Crippen LogP contribution in [0.1, 0.15) is 35.6 Å². The van der Waals surface area contributed by atoms with Gasteiger partial charge in [-0.3, -0.25) is 0 Å². The Balaban J connectivity index is 2.81. The number of rotatable bonds is 5. The first-order valence-electron chi connectivity index (χ1n) is 5.39. The van der Waals surface area contributed by atoms with Gasteiger partial charge in [-0.1, -0.05) is 6.92 Å². The van der Waals surface area contributed by atoms with E-state index in [9.17, 15) is 13.2 Å². The van der Waals surface area contributed by atoms with Crippen molar-refractivity contribution < 1.29 is 13.2 Å². The molecular weight excluding hydrogens is 315 g/mol. The van der Waals surface area contributed by atoms with Crippen LogP contribution < -0.4 is 5.32 Å². The van der Waals surface area contributed by atoms with Gasteiger partial charge in [-0.15, -0.1) is 11.3 Å². The third-order valence-electron chi connectivity index (χ3n) is 2.30. The number of hydrogen-bond donors (Lipinski definition) is 1. The fourth-order valence-electron chi connectivity index (χ4n) is 1.48. The molecule has 17 heavy (non-hydrogen) atoms. The van der Waals surface area contributed by atoms with Crippen molar-refractivity contribution >= 4 is 27.3 Å². The molecule has 0 aliphatic carbocycles. The summed E-state index contributed by atoms with van der Waals surface area (Å²) >= 11 is 4.74. The van der Waals surface area contributed by atoms with Crippen LogP contribution in [0.2, 0.25) is 0 Å². The average Bonchev–Trinajstić information content (AvgIpc) is 2.52. The van der Waals surface area contributed by atoms with Crippen molar-refractivity contribution in [1.82, 2.24) is 5.32 Å². The van der Waals surface area contributed by atoms with Gasteiger partial charge in [-0.2, -0.15) is 13.2 Å². The van der Waals surface area contributed by atoms with E-state index in [1.807, 2.05) is 13.8 Å². The lowest BCUT2D eigenvalue weighted by molar-refractivity contribution is -0.140. The van der Waals surface area contributed by atoms with Crippen LogP contribution in [0.3, 0.4) is 0 Å². The molecule has 0 saturated heterocycles. The monoisotopic (exact) mass is 329 g/mol. The van der Waals surface area contributed by atoms with Gasteiger partial charge >= 0.3 is 6.18 Å². The molecule has 98 valence electrons. The summed E-state index contributed by atoms with van der Waals surface area (Å²) in [7, 11) is 0. The molecule has 0 radical (unpaired) electrons. The molecule has 0 aromatic carbocycles. The number of aryl methyl sites for hydroxylation is 1. The minimum atomic E-state index is -4.14. The van der Waals surface area contributed by atoms with E-state index in [0.29, 0.717) is 6.54 Å². The lowest BCUT2D eigenvalue weighted by atomic mass is 10.1. The Morgan fingerprint density at radius 2 is 2.12 bits per heavy atom. The van der Waals surface area contributed by atoms with Crippen molar-refractivity contribution in [2.75, 3.05) is 6.54 Å². The maximum atomic E-state index is 12.5. The standard InChI is InChI=1S/C11H15BrF3NS/c1-3-4-16-9(6-11(13,14)15)10-5-8(12)7(2)17-10/h5,9,16H,3-4,6H2,1-2H3. The molecule has 1 heterocycles. The normalized spacial score (nSPS) is 14.0. The van der Waals surface area contributed by atoms with Crippen molar-refractivity contribution in [3.05, 3.63) is 20.3 Å². The molecule has 0 aliphatic rings. The average molecular weight is 330 g/mol. The van der Waals surface area contributed by atoms with E-state index in [4.69, 9.17) is 0 Å². The van der Waals surface area contributed by atoms with Crippen molar-refractivity contribution in [2.45, 2.75) is 38.9 Å². The molecule has 1 unspecified atom stereocenters. The van der Waals surface area contributed by atoms with Crippen LogP contribution in [0.15, 0.2) is 10.5 Å². The number of halogens is 4. The first-order chi connectivity index (χ1) is 7.83. The van der Waals surface area contributed by atoms with Gasteiger partial charge in [0, 0.05) is 14.2 Å². The molecule has 6 heteroatoms. The molecule has 1 nitrogen and oxygen atoms in total. The summed E-state index contributed by atoms with van der Waals surface area (Å²) in [4.78, 5) is 1.74. The van der Waals surface area contributed by atoms with Crippen LogP contribution in [0, 0.1) is 6.92 Å². The summed E-state index contributed by atoms with van der Waals surface area (Å²) in [6.07, 6.45) is -4.14. The highest BCUT2D eigenvalue weighted by Crippen LogP contribution is 2.36. The van der Waals surface area contributed by atoms with Gasteiger partial charge in [0.15, 0.2) is 0 Å². The molecule has 1 aromatic heterocycles. The highest BCUT2D eigenvalue weighted by Gasteiger charge is 2.33. The summed E-state index contributed by atoms with van der Waals surface area (Å²) in [6.45, 7) is 4.42. The van der Waals surface area contributed by atoms with Gasteiger partial charge in [-0.25, -0.2) is 0 Å². The second-order valence-electron chi connectivity index (χ2n) is 3.88. The first-order valence-corrected chi connectivity index (χ1v) is 7.00. The van der Waals surface area contributed by atoms with Gasteiger partial charge in [0.05, 0.1) is 12.5 Å². The second kappa shape index (κ2) is 6.20. The number of nitrogens with one attached hydrogen (secondary N) is 1. The molecule has 0 amide bonds. The van der Waals surface area contributed by atoms with Crippen molar-refractivity contribution in [3.63, 3.8) is 0 Å². The van der Waals surface area contributed by atoms with Gasteiger partial charge in [0.25, 0.3) is 0 Å². The molecular formula is C11H15BrF3NS. The van der Waals surface area contributed by atoms with Gasteiger partial charge in [0.1, 0.15) is 0 Å². The number of thiophene rings is 1. The summed E-state index contributed by atoms with van der Waals surface area (Å²) in [5.41, 5.74) is 0. The van der Waals surface area contributed by atoms with E-state index < -0.39 is 18.6 Å². The summed E-state index contributed by atoms with van der Waals surface area (Å²) in [5, 5.41) is 2.95. The van der Waals surface area contributed by atoms with Crippen molar-refractivity contribution in [3.8, 4) is 0 Å². The molecule has 0 aliphatic heterocycles. The summed E-state index contributed by atoms with van der Waals surface area (Å²) < 4.78 is 38.3. The Morgan fingerprint density at radius 3 is 2.53 bits per heavy atom. The molecule has 0 fully saturated rings. The fourth-order valence-corrected chi connectivity index (χ4v) is 3.11. The van der Waals surface area contributed by atoms with E-state index in [2.05, 4.69) is 21.2 Å². The zero-order valence-corrected chi connectivity index (χ0v) is 12.1. The van der Waals surface area contributed by atoms with Gasteiger partial charge in [0.2, 0.25) is 0 Å². The quantitative estimate of drug-likeness (QED) is 0.817. The molecule has 0 spiro atoms. The van der Waals surface area contributed by atoms with Crippen LogP contribution in [0.5, 0.6) is 0 Å². The Hall–Kier alpha value is -0.0700. The van der Waals surface area contributed by atoms with Gasteiger partial charge < -0.3 is 5.32 Å². The maximum Gasteiger partial charge on any atom is 0.390 e. The molecule has 1 N–H and O–H groups in total. The number of hydrogen-bond acceptors (Lipinski definition) is 2. The van der Waals surface area contributed by atoms with E-state index in [1.54, 1.807) is 6.07 Å². The van der Waals surface area contributed by atoms with Crippen molar-refractivity contribution in [1.29, 1.82) is 0 Å². The predicted molar refractivity (Wildman–Crippen MR) is 68.5 cm³/mol. The topological polar surface area (TPSA) is 12.0 Å². The fraction of sp³-hybridized carbons (Fsp3) is 0.636. The van der Waals surface area contributed by atoms with E-state index in [-0.39, 0.29) is 0 Å². The minimum Gasteiger partial charge on any atom is -0.309 e.